The molecule has 0 spiro atoms. The summed E-state index contributed by atoms with van der Waals surface area (Å²) in [6, 6.07) is 9.62. The maximum Gasteiger partial charge on any atom is 0.0730 e. The van der Waals surface area contributed by atoms with Crippen LogP contribution >= 0.6 is 0 Å². The third-order valence-corrected chi connectivity index (χ3v) is 2.26. The summed E-state index contributed by atoms with van der Waals surface area (Å²) in [5.74, 6) is 0. The molecule has 0 saturated heterocycles. The van der Waals surface area contributed by atoms with Crippen LogP contribution in [0.15, 0.2) is 30.3 Å². The molecule has 1 rings (SSSR count). The Labute approximate surface area is 73.0 Å². The Bertz CT molecular complexity index is 241. The van der Waals surface area contributed by atoms with Crippen molar-refractivity contribution in [1.29, 1.82) is 0 Å². The number of hydrogen-bond acceptors (Lipinski definition) is 2. The van der Waals surface area contributed by atoms with Gasteiger partial charge in [0.05, 0.1) is 11.6 Å². The molecule has 0 unspecified atom stereocenters. The number of benzene rings is 1. The van der Waals surface area contributed by atoms with E-state index in [-0.39, 0.29) is 0 Å². The number of aliphatic hydroxyl groups excluding tert-OH is 1. The molecule has 0 saturated carbocycles. The first kappa shape index (κ1) is 9.23. The van der Waals surface area contributed by atoms with E-state index < -0.39 is 11.6 Å². The largest absolute Gasteiger partial charge is 0.391 e. The Kier molecular flexibility index (Phi) is 2.50. The summed E-state index contributed by atoms with van der Waals surface area (Å²) in [4.78, 5) is 0. The minimum atomic E-state index is -0.652. The van der Waals surface area contributed by atoms with Crippen molar-refractivity contribution in [2.45, 2.75) is 25.5 Å². The monoisotopic (exact) mass is 165 g/mol. The van der Waals surface area contributed by atoms with Gasteiger partial charge in [-0.05, 0) is 19.4 Å². The van der Waals surface area contributed by atoms with Gasteiger partial charge < -0.3 is 10.8 Å². The summed E-state index contributed by atoms with van der Waals surface area (Å²) in [7, 11) is 0. The lowest BCUT2D eigenvalue weighted by Gasteiger charge is -2.28. The Morgan fingerprint density at radius 2 is 1.83 bits per heavy atom. The number of nitrogens with two attached hydrogens (primary N) is 1. The molecule has 0 fully saturated rings. The van der Waals surface area contributed by atoms with Crippen LogP contribution in [0.1, 0.15) is 19.4 Å². The second kappa shape index (κ2) is 3.25. The van der Waals surface area contributed by atoms with Crippen molar-refractivity contribution >= 4 is 0 Å². The molecule has 2 atom stereocenters. The van der Waals surface area contributed by atoms with Gasteiger partial charge in [0.15, 0.2) is 0 Å². The number of aliphatic hydroxyl groups is 1. The molecule has 0 radical (unpaired) electrons. The van der Waals surface area contributed by atoms with Crippen LogP contribution in [-0.4, -0.2) is 11.2 Å². The van der Waals surface area contributed by atoms with Gasteiger partial charge in [-0.25, -0.2) is 0 Å². The van der Waals surface area contributed by atoms with Crippen molar-refractivity contribution in [3.05, 3.63) is 35.9 Å². The van der Waals surface area contributed by atoms with Crippen LogP contribution < -0.4 is 5.73 Å². The standard InChI is InChI=1S/C10H15NO/c1-8(12)10(2,11)9-6-4-3-5-7-9/h3-8,12H,11H2,1-2H3/t8-,10-/m1/s1. The number of hydrogen-bond donors (Lipinski definition) is 2. The summed E-state index contributed by atoms with van der Waals surface area (Å²) in [6.07, 6.45) is -0.542. The molecular formula is C10H15NO. The van der Waals surface area contributed by atoms with E-state index in [9.17, 15) is 5.11 Å². The van der Waals surface area contributed by atoms with E-state index in [0.29, 0.717) is 0 Å². The van der Waals surface area contributed by atoms with Crippen molar-refractivity contribution in [2.24, 2.45) is 5.73 Å². The van der Waals surface area contributed by atoms with Gasteiger partial charge in [0.1, 0.15) is 0 Å². The van der Waals surface area contributed by atoms with Crippen LogP contribution in [-0.2, 0) is 5.54 Å². The molecule has 0 aliphatic heterocycles. The second-order valence-electron chi connectivity index (χ2n) is 3.32. The van der Waals surface area contributed by atoms with E-state index in [0.717, 1.165) is 5.56 Å². The zero-order valence-electron chi connectivity index (χ0n) is 7.49. The van der Waals surface area contributed by atoms with E-state index in [1.807, 2.05) is 37.3 Å². The lowest BCUT2D eigenvalue weighted by Crippen LogP contribution is -2.43. The minimum Gasteiger partial charge on any atom is -0.391 e. The van der Waals surface area contributed by atoms with E-state index in [4.69, 9.17) is 5.73 Å². The molecule has 0 bridgehead atoms. The quantitative estimate of drug-likeness (QED) is 0.692. The molecule has 0 aliphatic carbocycles. The van der Waals surface area contributed by atoms with Gasteiger partial charge in [0.25, 0.3) is 0 Å². The Morgan fingerprint density at radius 1 is 1.33 bits per heavy atom. The predicted octanol–water partition coefficient (Wildman–Crippen LogP) is 1.24. The maximum atomic E-state index is 9.41. The fraction of sp³-hybridized carbons (Fsp3) is 0.400. The molecule has 1 aromatic carbocycles. The topological polar surface area (TPSA) is 46.2 Å². The Morgan fingerprint density at radius 3 is 2.25 bits per heavy atom. The van der Waals surface area contributed by atoms with Gasteiger partial charge in [-0.3, -0.25) is 0 Å². The predicted molar refractivity (Wildman–Crippen MR) is 49.7 cm³/mol. The molecule has 0 amide bonds. The highest BCUT2D eigenvalue weighted by atomic mass is 16.3. The zero-order chi connectivity index (χ0) is 9.19. The maximum absolute atomic E-state index is 9.41. The van der Waals surface area contributed by atoms with Gasteiger partial charge in [0, 0.05) is 0 Å². The smallest absolute Gasteiger partial charge is 0.0730 e. The van der Waals surface area contributed by atoms with Crippen LogP contribution in [0.2, 0.25) is 0 Å². The first-order valence-corrected chi connectivity index (χ1v) is 4.07. The van der Waals surface area contributed by atoms with E-state index >= 15 is 0 Å². The van der Waals surface area contributed by atoms with Crippen molar-refractivity contribution in [1.82, 2.24) is 0 Å². The van der Waals surface area contributed by atoms with Gasteiger partial charge in [0.2, 0.25) is 0 Å². The lowest BCUT2D eigenvalue weighted by molar-refractivity contribution is 0.111. The molecular weight excluding hydrogens is 150 g/mol. The minimum absolute atomic E-state index is 0.542. The van der Waals surface area contributed by atoms with Crippen molar-refractivity contribution < 1.29 is 5.11 Å². The van der Waals surface area contributed by atoms with Crippen LogP contribution in [0.25, 0.3) is 0 Å². The third-order valence-electron chi connectivity index (χ3n) is 2.26. The fourth-order valence-corrected chi connectivity index (χ4v) is 1.04. The highest BCUT2D eigenvalue weighted by Crippen LogP contribution is 2.20. The molecule has 0 aliphatic rings. The fourth-order valence-electron chi connectivity index (χ4n) is 1.04. The van der Waals surface area contributed by atoms with Crippen LogP contribution in [0.3, 0.4) is 0 Å². The molecule has 12 heavy (non-hydrogen) atoms. The van der Waals surface area contributed by atoms with Gasteiger partial charge in [-0.2, -0.15) is 0 Å². The Hall–Kier alpha value is -0.860. The van der Waals surface area contributed by atoms with Gasteiger partial charge in [-0.15, -0.1) is 0 Å². The van der Waals surface area contributed by atoms with E-state index in [2.05, 4.69) is 0 Å². The van der Waals surface area contributed by atoms with Crippen LogP contribution in [0, 0.1) is 0 Å². The van der Waals surface area contributed by atoms with Gasteiger partial charge >= 0.3 is 0 Å². The third kappa shape index (κ3) is 1.65. The van der Waals surface area contributed by atoms with Gasteiger partial charge in [-0.1, -0.05) is 30.3 Å². The summed E-state index contributed by atoms with van der Waals surface area (Å²) in [6.45, 7) is 3.53. The van der Waals surface area contributed by atoms with Crippen molar-refractivity contribution in [3.8, 4) is 0 Å². The number of rotatable bonds is 2. The van der Waals surface area contributed by atoms with E-state index in [1.54, 1.807) is 6.92 Å². The lowest BCUT2D eigenvalue weighted by atomic mass is 9.88. The summed E-state index contributed by atoms with van der Waals surface area (Å²) >= 11 is 0. The summed E-state index contributed by atoms with van der Waals surface area (Å²) in [5, 5.41) is 9.41. The van der Waals surface area contributed by atoms with E-state index in [1.165, 1.54) is 0 Å². The first-order chi connectivity index (χ1) is 5.55. The molecule has 3 N–H and O–H groups in total. The normalized spacial score (nSPS) is 18.3. The molecule has 2 heteroatoms. The average molecular weight is 165 g/mol. The molecule has 1 aromatic rings. The highest BCUT2D eigenvalue weighted by molar-refractivity contribution is 5.24. The summed E-state index contributed by atoms with van der Waals surface area (Å²) < 4.78 is 0. The average Bonchev–Trinajstić information content (AvgIpc) is 2.06. The van der Waals surface area contributed by atoms with Crippen LogP contribution in [0.4, 0.5) is 0 Å². The highest BCUT2D eigenvalue weighted by Gasteiger charge is 2.26. The molecule has 66 valence electrons. The first-order valence-electron chi connectivity index (χ1n) is 4.07. The molecule has 0 heterocycles. The van der Waals surface area contributed by atoms with Crippen molar-refractivity contribution in [2.75, 3.05) is 0 Å². The molecule has 2 nitrogen and oxygen atoms in total. The SMILES string of the molecule is C[C@@H](O)[C@@](C)(N)c1ccccc1. The van der Waals surface area contributed by atoms with Crippen molar-refractivity contribution in [3.63, 3.8) is 0 Å². The molecule has 0 aromatic heterocycles. The van der Waals surface area contributed by atoms with Crippen LogP contribution in [0.5, 0.6) is 0 Å². The summed E-state index contributed by atoms with van der Waals surface area (Å²) in [5.41, 5.74) is 6.24. The zero-order valence-corrected chi connectivity index (χ0v) is 7.49. The second-order valence-corrected chi connectivity index (χ2v) is 3.32. The Balaban J connectivity index is 2.98.